The fourth-order valence-electron chi connectivity index (χ4n) is 2.39. The molecule has 2 nitrogen and oxygen atoms in total. The smallest absolute Gasteiger partial charge is 0.0164 e. The van der Waals surface area contributed by atoms with Crippen molar-refractivity contribution in [2.24, 2.45) is 5.41 Å². The lowest BCUT2D eigenvalue weighted by molar-refractivity contribution is 0.183. The average Bonchev–Trinajstić information content (AvgIpc) is 2.68. The van der Waals surface area contributed by atoms with Crippen LogP contribution in [0.3, 0.4) is 0 Å². The summed E-state index contributed by atoms with van der Waals surface area (Å²) < 4.78 is 0. The highest BCUT2D eigenvalue weighted by Gasteiger charge is 2.33. The SMILES string of the molecule is C=CCN(CC=C)CC1(CC)CCNC1. The van der Waals surface area contributed by atoms with E-state index in [1.807, 2.05) is 12.2 Å². The zero-order valence-corrected chi connectivity index (χ0v) is 9.97. The van der Waals surface area contributed by atoms with Gasteiger partial charge in [0.05, 0.1) is 0 Å². The maximum Gasteiger partial charge on any atom is 0.0164 e. The summed E-state index contributed by atoms with van der Waals surface area (Å²) in [4.78, 5) is 2.43. The summed E-state index contributed by atoms with van der Waals surface area (Å²) in [5, 5.41) is 3.48. The van der Waals surface area contributed by atoms with Crippen LogP contribution in [0.2, 0.25) is 0 Å². The first kappa shape index (κ1) is 12.5. The molecule has 0 aromatic carbocycles. The van der Waals surface area contributed by atoms with E-state index in [2.05, 4.69) is 30.3 Å². The zero-order valence-electron chi connectivity index (χ0n) is 9.97. The molecule has 0 amide bonds. The van der Waals surface area contributed by atoms with Crippen LogP contribution in [0.1, 0.15) is 19.8 Å². The molecule has 0 aromatic rings. The molecule has 1 aliphatic heterocycles. The summed E-state index contributed by atoms with van der Waals surface area (Å²) in [6.45, 7) is 15.4. The Kier molecular flexibility index (Phi) is 5.06. The van der Waals surface area contributed by atoms with E-state index >= 15 is 0 Å². The van der Waals surface area contributed by atoms with Crippen molar-refractivity contribution in [3.8, 4) is 0 Å². The van der Waals surface area contributed by atoms with Gasteiger partial charge < -0.3 is 5.32 Å². The van der Waals surface area contributed by atoms with E-state index < -0.39 is 0 Å². The normalized spacial score (nSPS) is 25.7. The second-order valence-electron chi connectivity index (χ2n) is 4.55. The van der Waals surface area contributed by atoms with Gasteiger partial charge in [-0.05, 0) is 24.8 Å². The Balaban J connectivity index is 2.53. The molecular formula is C13H24N2. The Morgan fingerprint density at radius 2 is 2.00 bits per heavy atom. The molecule has 0 spiro atoms. The summed E-state index contributed by atoms with van der Waals surface area (Å²) in [7, 11) is 0. The fraction of sp³-hybridized carbons (Fsp3) is 0.692. The fourth-order valence-corrected chi connectivity index (χ4v) is 2.39. The van der Waals surface area contributed by atoms with Crippen LogP contribution in [0.15, 0.2) is 25.3 Å². The topological polar surface area (TPSA) is 15.3 Å². The molecule has 0 saturated carbocycles. The van der Waals surface area contributed by atoms with Crippen molar-refractivity contribution in [3.63, 3.8) is 0 Å². The second-order valence-corrected chi connectivity index (χ2v) is 4.55. The van der Waals surface area contributed by atoms with Gasteiger partial charge in [-0.1, -0.05) is 19.1 Å². The molecule has 2 heteroatoms. The largest absolute Gasteiger partial charge is 0.316 e. The lowest BCUT2D eigenvalue weighted by atomic mass is 9.83. The first-order valence-corrected chi connectivity index (χ1v) is 5.91. The van der Waals surface area contributed by atoms with E-state index in [1.54, 1.807) is 0 Å². The van der Waals surface area contributed by atoms with Gasteiger partial charge in [-0.3, -0.25) is 4.90 Å². The summed E-state index contributed by atoms with van der Waals surface area (Å²) >= 11 is 0. The first-order chi connectivity index (χ1) is 7.26. The molecule has 1 unspecified atom stereocenters. The third kappa shape index (κ3) is 3.47. The van der Waals surface area contributed by atoms with Gasteiger partial charge in [-0.25, -0.2) is 0 Å². The molecule has 86 valence electrons. The van der Waals surface area contributed by atoms with Gasteiger partial charge in [0.2, 0.25) is 0 Å². The Morgan fingerprint density at radius 3 is 2.40 bits per heavy atom. The first-order valence-electron chi connectivity index (χ1n) is 5.91. The van der Waals surface area contributed by atoms with Crippen molar-refractivity contribution in [1.29, 1.82) is 0 Å². The Hall–Kier alpha value is -0.600. The van der Waals surface area contributed by atoms with Crippen LogP contribution in [-0.2, 0) is 0 Å². The highest BCUT2D eigenvalue weighted by atomic mass is 15.1. The molecule has 1 heterocycles. The van der Waals surface area contributed by atoms with E-state index in [0.717, 1.165) is 26.2 Å². The monoisotopic (exact) mass is 208 g/mol. The summed E-state index contributed by atoms with van der Waals surface area (Å²) in [5.74, 6) is 0. The summed E-state index contributed by atoms with van der Waals surface area (Å²) in [6, 6.07) is 0. The quantitative estimate of drug-likeness (QED) is 0.644. The Morgan fingerprint density at radius 1 is 1.33 bits per heavy atom. The molecule has 1 aliphatic rings. The third-order valence-electron chi connectivity index (χ3n) is 3.42. The van der Waals surface area contributed by atoms with Crippen LogP contribution in [0.4, 0.5) is 0 Å². The second kappa shape index (κ2) is 6.09. The molecule has 0 radical (unpaired) electrons. The highest BCUT2D eigenvalue weighted by molar-refractivity contribution is 4.92. The van der Waals surface area contributed by atoms with Gasteiger partial charge in [-0.2, -0.15) is 0 Å². The van der Waals surface area contributed by atoms with E-state index in [4.69, 9.17) is 0 Å². The molecule has 1 saturated heterocycles. The molecule has 1 rings (SSSR count). The minimum absolute atomic E-state index is 0.478. The molecule has 0 aromatic heterocycles. The molecular weight excluding hydrogens is 184 g/mol. The average molecular weight is 208 g/mol. The molecule has 1 fully saturated rings. The number of nitrogens with one attached hydrogen (secondary N) is 1. The number of nitrogens with zero attached hydrogens (tertiary/aromatic N) is 1. The molecule has 1 N–H and O–H groups in total. The Bertz CT molecular complexity index is 195. The lowest BCUT2D eigenvalue weighted by Crippen LogP contribution is -2.39. The van der Waals surface area contributed by atoms with Crippen LogP contribution in [0.25, 0.3) is 0 Å². The van der Waals surface area contributed by atoms with Gasteiger partial charge in [0.25, 0.3) is 0 Å². The van der Waals surface area contributed by atoms with Crippen molar-refractivity contribution in [3.05, 3.63) is 25.3 Å². The van der Waals surface area contributed by atoms with Crippen molar-refractivity contribution in [2.75, 3.05) is 32.7 Å². The van der Waals surface area contributed by atoms with E-state index in [0.29, 0.717) is 5.41 Å². The standard InChI is InChI=1S/C13H24N2/c1-4-9-15(10-5-2)12-13(6-3)7-8-14-11-13/h4-5,14H,1-2,6-12H2,3H3. The van der Waals surface area contributed by atoms with E-state index in [-0.39, 0.29) is 0 Å². The van der Waals surface area contributed by atoms with E-state index in [1.165, 1.54) is 19.4 Å². The van der Waals surface area contributed by atoms with Crippen LogP contribution in [0.5, 0.6) is 0 Å². The molecule has 15 heavy (non-hydrogen) atoms. The van der Waals surface area contributed by atoms with Gasteiger partial charge in [-0.15, -0.1) is 13.2 Å². The maximum absolute atomic E-state index is 3.81. The van der Waals surface area contributed by atoms with Gasteiger partial charge in [0.15, 0.2) is 0 Å². The summed E-state index contributed by atoms with van der Waals surface area (Å²) in [5.41, 5.74) is 0.478. The van der Waals surface area contributed by atoms with Crippen LogP contribution >= 0.6 is 0 Å². The zero-order chi connectivity index (χ0) is 11.1. The predicted octanol–water partition coefficient (Wildman–Crippen LogP) is 2.05. The van der Waals surface area contributed by atoms with Gasteiger partial charge >= 0.3 is 0 Å². The molecule has 0 bridgehead atoms. The minimum atomic E-state index is 0.478. The molecule has 0 aliphatic carbocycles. The predicted molar refractivity (Wildman–Crippen MR) is 67.0 cm³/mol. The summed E-state index contributed by atoms with van der Waals surface area (Å²) in [6.07, 6.45) is 6.52. The minimum Gasteiger partial charge on any atom is -0.316 e. The van der Waals surface area contributed by atoms with Crippen molar-refractivity contribution < 1.29 is 0 Å². The lowest BCUT2D eigenvalue weighted by Gasteiger charge is -2.33. The van der Waals surface area contributed by atoms with Crippen molar-refractivity contribution >= 4 is 0 Å². The third-order valence-corrected chi connectivity index (χ3v) is 3.42. The van der Waals surface area contributed by atoms with Crippen molar-refractivity contribution in [2.45, 2.75) is 19.8 Å². The number of rotatable bonds is 7. The van der Waals surface area contributed by atoms with Crippen LogP contribution in [-0.4, -0.2) is 37.6 Å². The van der Waals surface area contributed by atoms with Crippen LogP contribution < -0.4 is 5.32 Å². The number of hydrogen-bond acceptors (Lipinski definition) is 2. The van der Waals surface area contributed by atoms with Gasteiger partial charge in [0, 0.05) is 26.2 Å². The Labute approximate surface area is 94.0 Å². The highest BCUT2D eigenvalue weighted by Crippen LogP contribution is 2.30. The van der Waals surface area contributed by atoms with E-state index in [9.17, 15) is 0 Å². The van der Waals surface area contributed by atoms with Crippen LogP contribution in [0, 0.1) is 5.41 Å². The maximum atomic E-state index is 3.81. The van der Waals surface area contributed by atoms with Gasteiger partial charge in [0.1, 0.15) is 0 Å². The molecule has 1 atom stereocenters. The number of hydrogen-bond donors (Lipinski definition) is 1. The van der Waals surface area contributed by atoms with Crippen molar-refractivity contribution in [1.82, 2.24) is 10.2 Å².